The fraction of sp³-hybridized carbons (Fsp3) is 0.176. The molecule has 0 aromatic heterocycles. The minimum absolute atomic E-state index is 0.118. The fourth-order valence-corrected chi connectivity index (χ4v) is 2.74. The second kappa shape index (κ2) is 7.89. The molecule has 0 heterocycles. The molecular formula is C17H12F5NO6S. The molecule has 2 rings (SSSR count). The lowest BCUT2D eigenvalue weighted by molar-refractivity contribution is -0.289. The second-order valence-electron chi connectivity index (χ2n) is 5.88. The van der Waals surface area contributed by atoms with E-state index >= 15 is 0 Å². The molecule has 0 fully saturated rings. The van der Waals surface area contributed by atoms with Crippen LogP contribution in [-0.2, 0) is 16.0 Å². The van der Waals surface area contributed by atoms with E-state index in [4.69, 9.17) is 5.11 Å². The Hall–Kier alpha value is -3.22. The predicted molar refractivity (Wildman–Crippen MR) is 93.2 cm³/mol. The molecule has 0 unspecified atom stereocenters. The quantitative estimate of drug-likeness (QED) is 0.511. The maximum absolute atomic E-state index is 13.6. The van der Waals surface area contributed by atoms with Crippen molar-refractivity contribution in [1.29, 1.82) is 0 Å². The van der Waals surface area contributed by atoms with E-state index in [-0.39, 0.29) is 11.6 Å². The van der Waals surface area contributed by atoms with Gasteiger partial charge in [-0.2, -0.15) is 30.4 Å². The molecule has 2 N–H and O–H groups in total. The van der Waals surface area contributed by atoms with Gasteiger partial charge in [-0.25, -0.2) is 4.79 Å². The summed E-state index contributed by atoms with van der Waals surface area (Å²) in [5, 5.41) is 11.2. The highest BCUT2D eigenvalue weighted by Crippen LogP contribution is 2.45. The molecule has 2 aromatic rings. The van der Waals surface area contributed by atoms with Gasteiger partial charge in [0.1, 0.15) is 0 Å². The third-order valence-electron chi connectivity index (χ3n) is 3.59. The maximum Gasteiger partial charge on any atom is 0.458 e. The van der Waals surface area contributed by atoms with Crippen molar-refractivity contribution in [3.63, 3.8) is 0 Å². The van der Waals surface area contributed by atoms with Crippen molar-refractivity contribution in [2.45, 2.75) is 12.1 Å². The lowest BCUT2D eigenvalue weighted by atomic mass is 10.1. The summed E-state index contributed by atoms with van der Waals surface area (Å²) < 4.78 is 92.2. The number of carbonyl (C=O) groups is 2. The first kappa shape index (κ1) is 23.1. The van der Waals surface area contributed by atoms with Gasteiger partial charge in [-0.15, -0.1) is 0 Å². The largest absolute Gasteiger partial charge is 0.478 e. The number of hydrogen-bond donors (Lipinski definition) is 2. The molecule has 13 heteroatoms. The molecule has 0 aliphatic rings. The van der Waals surface area contributed by atoms with Gasteiger partial charge in [0.25, 0.3) is 5.91 Å². The Bertz CT molecular complexity index is 1100. The highest BCUT2D eigenvalue weighted by Gasteiger charge is 2.58. The number of nitrogens with one attached hydrogen (secondary N) is 1. The molecule has 2 aromatic carbocycles. The molecule has 0 spiro atoms. The fourth-order valence-electron chi connectivity index (χ4n) is 2.27. The molecule has 0 saturated carbocycles. The van der Waals surface area contributed by atoms with Crippen LogP contribution in [0.5, 0.6) is 5.75 Å². The average Bonchev–Trinajstić information content (AvgIpc) is 2.60. The lowest BCUT2D eigenvalue weighted by Crippen LogP contribution is -2.33. The minimum atomic E-state index is -5.97. The van der Waals surface area contributed by atoms with E-state index in [0.717, 1.165) is 12.1 Å². The number of carboxylic acids is 1. The van der Waals surface area contributed by atoms with E-state index in [2.05, 4.69) is 4.18 Å². The van der Waals surface area contributed by atoms with Crippen LogP contribution in [0.1, 0.15) is 26.3 Å². The lowest BCUT2D eigenvalue weighted by Gasteiger charge is -2.21. The standard InChI is InChI=1S/C17H12F5NO6S/c1-30(27,28)29-13-8-9(16(18,19)17(20,21)22)6-7-12(13)23-14(24)10-4-2-3-5-11(10)15(25)26/h2-8H,1H3,(H,23,24)(H,25,26). The number of hydrogen-bond acceptors (Lipinski definition) is 5. The SMILES string of the molecule is CS(=O)(=O)Oc1cc(C(F)(F)C(F)(F)F)ccc1NC(=O)c1ccccc1C(=O)O. The molecule has 0 aliphatic heterocycles. The molecular weight excluding hydrogens is 441 g/mol. The summed E-state index contributed by atoms with van der Waals surface area (Å²) in [6.45, 7) is 0. The summed E-state index contributed by atoms with van der Waals surface area (Å²) in [7, 11) is -4.39. The summed E-state index contributed by atoms with van der Waals surface area (Å²) in [5.74, 6) is -8.91. The van der Waals surface area contributed by atoms with Crippen molar-refractivity contribution in [1.82, 2.24) is 0 Å². The van der Waals surface area contributed by atoms with E-state index in [1.54, 1.807) is 0 Å². The van der Waals surface area contributed by atoms with Gasteiger partial charge in [-0.1, -0.05) is 18.2 Å². The van der Waals surface area contributed by atoms with E-state index in [9.17, 15) is 40.0 Å². The van der Waals surface area contributed by atoms with Crippen LogP contribution in [0.15, 0.2) is 42.5 Å². The zero-order valence-electron chi connectivity index (χ0n) is 14.8. The maximum atomic E-state index is 13.6. The Balaban J connectivity index is 2.52. The highest BCUT2D eigenvalue weighted by molar-refractivity contribution is 7.86. The zero-order chi connectivity index (χ0) is 22.9. The van der Waals surface area contributed by atoms with Gasteiger partial charge < -0.3 is 14.6 Å². The van der Waals surface area contributed by atoms with Crippen LogP contribution in [0.4, 0.5) is 27.6 Å². The van der Waals surface area contributed by atoms with Crippen LogP contribution >= 0.6 is 0 Å². The number of aromatic carboxylic acids is 1. The van der Waals surface area contributed by atoms with Crippen molar-refractivity contribution in [2.75, 3.05) is 11.6 Å². The van der Waals surface area contributed by atoms with E-state index in [1.807, 2.05) is 5.32 Å². The number of carboxylic acid groups (broad SMARTS) is 1. The van der Waals surface area contributed by atoms with Gasteiger partial charge in [0.2, 0.25) is 0 Å². The number of anilines is 1. The molecule has 0 radical (unpaired) electrons. The Morgan fingerprint density at radius 3 is 2.07 bits per heavy atom. The first-order chi connectivity index (χ1) is 13.6. The van der Waals surface area contributed by atoms with Crippen LogP contribution in [0.3, 0.4) is 0 Å². The Labute approximate surface area is 166 Å². The number of amides is 1. The molecule has 30 heavy (non-hydrogen) atoms. The zero-order valence-corrected chi connectivity index (χ0v) is 15.6. The molecule has 0 aliphatic carbocycles. The number of halogens is 5. The highest BCUT2D eigenvalue weighted by atomic mass is 32.2. The van der Waals surface area contributed by atoms with Gasteiger partial charge in [-0.05, 0) is 24.3 Å². The van der Waals surface area contributed by atoms with Crippen LogP contribution in [0.2, 0.25) is 0 Å². The number of alkyl halides is 5. The number of carbonyl (C=O) groups excluding carboxylic acids is 1. The molecule has 0 saturated heterocycles. The van der Waals surface area contributed by atoms with Crippen LogP contribution < -0.4 is 9.50 Å². The molecule has 7 nitrogen and oxygen atoms in total. The van der Waals surface area contributed by atoms with Crippen molar-refractivity contribution in [3.8, 4) is 5.75 Å². The van der Waals surface area contributed by atoms with E-state index < -0.39 is 56.7 Å². The van der Waals surface area contributed by atoms with Crippen LogP contribution in [0.25, 0.3) is 0 Å². The second-order valence-corrected chi connectivity index (χ2v) is 7.45. The molecule has 1 amide bonds. The van der Waals surface area contributed by atoms with Gasteiger partial charge in [0.15, 0.2) is 5.75 Å². The third-order valence-corrected chi connectivity index (χ3v) is 4.07. The summed E-state index contributed by atoms with van der Waals surface area (Å²) in [5.41, 5.74) is -3.01. The first-order valence-electron chi connectivity index (χ1n) is 7.75. The van der Waals surface area contributed by atoms with Crippen LogP contribution in [-0.4, -0.2) is 37.8 Å². The molecule has 162 valence electrons. The van der Waals surface area contributed by atoms with E-state index in [1.165, 1.54) is 12.1 Å². The smallest absolute Gasteiger partial charge is 0.458 e. The van der Waals surface area contributed by atoms with Crippen molar-refractivity contribution in [2.24, 2.45) is 0 Å². The van der Waals surface area contributed by atoms with Crippen molar-refractivity contribution in [3.05, 3.63) is 59.2 Å². The van der Waals surface area contributed by atoms with Gasteiger partial charge >= 0.3 is 28.2 Å². The monoisotopic (exact) mass is 453 g/mol. The third kappa shape index (κ3) is 5.03. The van der Waals surface area contributed by atoms with Gasteiger partial charge in [0.05, 0.1) is 23.1 Å². The predicted octanol–water partition coefficient (Wildman–Crippen LogP) is 3.63. The molecule has 0 bridgehead atoms. The topological polar surface area (TPSA) is 110 Å². The van der Waals surface area contributed by atoms with Gasteiger partial charge in [0, 0.05) is 5.56 Å². The summed E-state index contributed by atoms with van der Waals surface area (Å²) in [6.07, 6.45) is -5.46. The molecule has 0 atom stereocenters. The number of rotatable bonds is 6. The summed E-state index contributed by atoms with van der Waals surface area (Å²) in [4.78, 5) is 23.6. The first-order valence-corrected chi connectivity index (χ1v) is 9.57. The Morgan fingerprint density at radius 1 is 1.00 bits per heavy atom. The Morgan fingerprint density at radius 2 is 1.57 bits per heavy atom. The number of benzene rings is 2. The normalized spacial score (nSPS) is 12.3. The summed E-state index contributed by atoms with van der Waals surface area (Å²) >= 11 is 0. The van der Waals surface area contributed by atoms with E-state index in [0.29, 0.717) is 18.4 Å². The van der Waals surface area contributed by atoms with Gasteiger partial charge in [-0.3, -0.25) is 4.79 Å². The van der Waals surface area contributed by atoms with Crippen molar-refractivity contribution < 1.29 is 49.2 Å². The average molecular weight is 453 g/mol. The summed E-state index contributed by atoms with van der Waals surface area (Å²) in [6, 6.07) is 5.88. The Kier molecular flexibility index (Phi) is 6.07. The minimum Gasteiger partial charge on any atom is -0.478 e. The van der Waals surface area contributed by atoms with Crippen molar-refractivity contribution >= 4 is 27.7 Å². The van der Waals surface area contributed by atoms with Crippen LogP contribution in [0, 0.1) is 0 Å².